The van der Waals surface area contributed by atoms with Crippen LogP contribution >= 0.6 is 0 Å². The van der Waals surface area contributed by atoms with Crippen LogP contribution in [0, 0.1) is 0 Å². The Bertz CT molecular complexity index is 178. The van der Waals surface area contributed by atoms with Gasteiger partial charge in [-0.25, -0.2) is 0 Å². The van der Waals surface area contributed by atoms with E-state index in [1.54, 1.807) is 0 Å². The van der Waals surface area contributed by atoms with Crippen LogP contribution in [0.2, 0.25) is 0 Å². The molecule has 1 heterocycles. The fourth-order valence-electron chi connectivity index (χ4n) is 2.55. The quantitative estimate of drug-likeness (QED) is 0.779. The highest BCUT2D eigenvalue weighted by atomic mass is 16.3. The first kappa shape index (κ1) is 14.0. The molecule has 0 aromatic rings. The Morgan fingerprint density at radius 3 is 2.19 bits per heavy atom. The van der Waals surface area contributed by atoms with Crippen molar-refractivity contribution in [3.63, 3.8) is 0 Å². The topological polar surface area (TPSA) is 23.5 Å². The van der Waals surface area contributed by atoms with Gasteiger partial charge < -0.3 is 10.0 Å². The Labute approximate surface area is 101 Å². The van der Waals surface area contributed by atoms with E-state index >= 15 is 0 Å². The molecule has 1 saturated heterocycles. The van der Waals surface area contributed by atoms with Crippen LogP contribution in [-0.4, -0.2) is 34.7 Å². The Morgan fingerprint density at radius 1 is 1.12 bits per heavy atom. The first-order chi connectivity index (χ1) is 7.49. The Morgan fingerprint density at radius 2 is 1.69 bits per heavy atom. The van der Waals surface area contributed by atoms with E-state index in [4.69, 9.17) is 0 Å². The molecule has 1 fully saturated rings. The third kappa shape index (κ3) is 5.86. The molecule has 1 N–H and O–H groups in total. The lowest BCUT2D eigenvalue weighted by atomic mass is 9.99. The highest BCUT2D eigenvalue weighted by Gasteiger charge is 2.17. The van der Waals surface area contributed by atoms with Gasteiger partial charge in [0, 0.05) is 6.04 Å². The second-order valence-electron chi connectivity index (χ2n) is 6.00. The number of nitrogens with zero attached hydrogens (tertiary/aromatic N) is 1. The van der Waals surface area contributed by atoms with E-state index in [1.807, 2.05) is 13.8 Å². The van der Waals surface area contributed by atoms with Crippen molar-refractivity contribution in [3.05, 3.63) is 0 Å². The molecule has 0 aromatic heterocycles. The van der Waals surface area contributed by atoms with Crippen LogP contribution in [0.15, 0.2) is 0 Å². The minimum Gasteiger partial charge on any atom is -0.390 e. The van der Waals surface area contributed by atoms with Gasteiger partial charge in [0.25, 0.3) is 0 Å². The molecule has 1 aliphatic heterocycles. The molecule has 1 unspecified atom stereocenters. The summed E-state index contributed by atoms with van der Waals surface area (Å²) in [6, 6.07) is 0.695. The van der Waals surface area contributed by atoms with Crippen LogP contribution in [0.3, 0.4) is 0 Å². The van der Waals surface area contributed by atoms with E-state index in [-0.39, 0.29) is 0 Å². The lowest BCUT2D eigenvalue weighted by Crippen LogP contribution is -2.34. The fraction of sp³-hybridized carbons (Fsp3) is 1.00. The van der Waals surface area contributed by atoms with Crippen LogP contribution in [0.1, 0.15) is 65.7 Å². The van der Waals surface area contributed by atoms with Gasteiger partial charge in [0.2, 0.25) is 0 Å². The van der Waals surface area contributed by atoms with Gasteiger partial charge in [-0.3, -0.25) is 0 Å². The summed E-state index contributed by atoms with van der Waals surface area (Å²) in [6.07, 6.45) is 8.85. The van der Waals surface area contributed by atoms with E-state index < -0.39 is 5.60 Å². The average Bonchev–Trinajstić information content (AvgIpc) is 2.43. The summed E-state index contributed by atoms with van der Waals surface area (Å²) in [7, 11) is 0. The van der Waals surface area contributed by atoms with Crippen LogP contribution in [-0.2, 0) is 0 Å². The van der Waals surface area contributed by atoms with Crippen molar-refractivity contribution in [1.29, 1.82) is 0 Å². The average molecular weight is 227 g/mol. The van der Waals surface area contributed by atoms with Crippen molar-refractivity contribution in [2.24, 2.45) is 0 Å². The van der Waals surface area contributed by atoms with Crippen LogP contribution in [0.4, 0.5) is 0 Å². The zero-order valence-electron chi connectivity index (χ0n) is 11.3. The number of hydrogen-bond acceptors (Lipinski definition) is 2. The van der Waals surface area contributed by atoms with Crippen molar-refractivity contribution in [1.82, 2.24) is 4.90 Å². The van der Waals surface area contributed by atoms with Gasteiger partial charge in [0.1, 0.15) is 0 Å². The van der Waals surface area contributed by atoms with Crippen molar-refractivity contribution in [3.8, 4) is 0 Å². The van der Waals surface area contributed by atoms with Gasteiger partial charge in [0.05, 0.1) is 5.60 Å². The molecule has 0 aliphatic carbocycles. The number of hydrogen-bond donors (Lipinski definition) is 1. The molecule has 0 spiro atoms. The van der Waals surface area contributed by atoms with Gasteiger partial charge in [-0.1, -0.05) is 12.8 Å². The Balaban J connectivity index is 2.20. The SMILES string of the molecule is CC(CCCC(C)(C)O)N1CCCCCC1. The normalized spacial score (nSPS) is 21.8. The molecule has 0 bridgehead atoms. The molecular formula is C14H29NO. The highest BCUT2D eigenvalue weighted by molar-refractivity contribution is 4.72. The first-order valence-electron chi connectivity index (χ1n) is 6.95. The minimum atomic E-state index is -0.488. The van der Waals surface area contributed by atoms with E-state index in [2.05, 4.69) is 11.8 Å². The first-order valence-corrected chi connectivity index (χ1v) is 6.95. The molecule has 1 aliphatic rings. The Hall–Kier alpha value is -0.0800. The summed E-state index contributed by atoms with van der Waals surface area (Å²) >= 11 is 0. The third-order valence-corrected chi connectivity index (χ3v) is 3.67. The molecular weight excluding hydrogens is 198 g/mol. The zero-order valence-corrected chi connectivity index (χ0v) is 11.3. The lowest BCUT2D eigenvalue weighted by Gasteiger charge is -2.28. The molecule has 96 valence electrons. The molecule has 1 rings (SSSR count). The maximum absolute atomic E-state index is 9.67. The van der Waals surface area contributed by atoms with Gasteiger partial charge in [-0.15, -0.1) is 0 Å². The summed E-state index contributed by atoms with van der Waals surface area (Å²) in [4.78, 5) is 2.64. The summed E-state index contributed by atoms with van der Waals surface area (Å²) in [5.41, 5.74) is -0.488. The molecule has 2 nitrogen and oxygen atoms in total. The maximum Gasteiger partial charge on any atom is 0.0591 e. The standard InChI is InChI=1S/C14H29NO/c1-13(9-8-10-14(2,3)16)15-11-6-4-5-7-12-15/h13,16H,4-12H2,1-3H3. The van der Waals surface area contributed by atoms with Crippen LogP contribution in [0.25, 0.3) is 0 Å². The molecule has 2 heteroatoms. The summed E-state index contributed by atoms with van der Waals surface area (Å²) in [5.74, 6) is 0. The number of aliphatic hydroxyl groups is 1. The molecule has 0 aromatic carbocycles. The highest BCUT2D eigenvalue weighted by Crippen LogP contribution is 2.18. The van der Waals surface area contributed by atoms with E-state index in [0.29, 0.717) is 6.04 Å². The monoisotopic (exact) mass is 227 g/mol. The summed E-state index contributed by atoms with van der Waals surface area (Å²) in [6.45, 7) is 8.72. The van der Waals surface area contributed by atoms with Crippen molar-refractivity contribution >= 4 is 0 Å². The molecule has 0 amide bonds. The molecule has 1 atom stereocenters. The predicted molar refractivity (Wildman–Crippen MR) is 69.7 cm³/mol. The summed E-state index contributed by atoms with van der Waals surface area (Å²) in [5, 5.41) is 9.67. The van der Waals surface area contributed by atoms with Crippen molar-refractivity contribution in [2.45, 2.75) is 77.4 Å². The van der Waals surface area contributed by atoms with Gasteiger partial charge in [-0.2, -0.15) is 0 Å². The van der Waals surface area contributed by atoms with Gasteiger partial charge >= 0.3 is 0 Å². The van der Waals surface area contributed by atoms with Crippen molar-refractivity contribution in [2.75, 3.05) is 13.1 Å². The van der Waals surface area contributed by atoms with Crippen LogP contribution in [0.5, 0.6) is 0 Å². The third-order valence-electron chi connectivity index (χ3n) is 3.67. The zero-order chi connectivity index (χ0) is 12.0. The molecule has 0 radical (unpaired) electrons. The summed E-state index contributed by atoms with van der Waals surface area (Å²) < 4.78 is 0. The second kappa shape index (κ2) is 6.61. The van der Waals surface area contributed by atoms with E-state index in [0.717, 1.165) is 12.8 Å². The molecule has 0 saturated carbocycles. The predicted octanol–water partition coefficient (Wildman–Crippen LogP) is 3.19. The van der Waals surface area contributed by atoms with Crippen molar-refractivity contribution < 1.29 is 5.11 Å². The van der Waals surface area contributed by atoms with E-state index in [9.17, 15) is 5.11 Å². The van der Waals surface area contributed by atoms with E-state index in [1.165, 1.54) is 45.2 Å². The fourth-order valence-corrected chi connectivity index (χ4v) is 2.55. The minimum absolute atomic E-state index is 0.488. The Kier molecular flexibility index (Phi) is 5.77. The van der Waals surface area contributed by atoms with Crippen LogP contribution < -0.4 is 0 Å². The second-order valence-corrected chi connectivity index (χ2v) is 6.00. The molecule has 16 heavy (non-hydrogen) atoms. The maximum atomic E-state index is 9.67. The number of likely N-dealkylation sites (tertiary alicyclic amines) is 1. The van der Waals surface area contributed by atoms with Gasteiger partial charge in [-0.05, 0) is 66.0 Å². The smallest absolute Gasteiger partial charge is 0.0591 e. The number of rotatable bonds is 5. The van der Waals surface area contributed by atoms with Gasteiger partial charge in [0.15, 0.2) is 0 Å². The largest absolute Gasteiger partial charge is 0.390 e. The lowest BCUT2D eigenvalue weighted by molar-refractivity contribution is 0.0651.